The summed E-state index contributed by atoms with van der Waals surface area (Å²) in [6, 6.07) is 22.5. The summed E-state index contributed by atoms with van der Waals surface area (Å²) in [6.45, 7) is 6.78. The molecular weight excluding hydrogens is 547 g/mol. The molecule has 3 aliphatic rings. The Labute approximate surface area is 252 Å². The lowest BCUT2D eigenvalue weighted by Crippen LogP contribution is -2.42. The Kier molecular flexibility index (Phi) is 7.87. The van der Waals surface area contributed by atoms with Crippen LogP contribution in [0.3, 0.4) is 0 Å². The molecule has 6 heteroatoms. The Morgan fingerprint density at radius 1 is 0.698 bits per heavy atom. The van der Waals surface area contributed by atoms with Crippen LogP contribution in [-0.4, -0.2) is 23.2 Å². The van der Waals surface area contributed by atoms with Crippen molar-refractivity contribution < 1.29 is 23.1 Å². The topological polar surface area (TPSA) is 49.7 Å². The lowest BCUT2D eigenvalue weighted by molar-refractivity contribution is -0.137. The van der Waals surface area contributed by atoms with Gasteiger partial charge in [0.1, 0.15) is 0 Å². The second-order valence-electron chi connectivity index (χ2n) is 13.7. The molecule has 3 saturated carbocycles. The number of rotatable bonds is 5. The monoisotopic (exact) mass is 587 g/mol. The number of alkyl halides is 3. The number of carbonyl (C=O) groups is 1. The second kappa shape index (κ2) is 11.4. The molecule has 0 saturated heterocycles. The molecule has 3 fully saturated rings. The lowest BCUT2D eigenvalue weighted by atomic mass is 9.54. The van der Waals surface area contributed by atoms with E-state index in [1.54, 1.807) is 0 Å². The Morgan fingerprint density at radius 2 is 1.19 bits per heavy atom. The molecule has 0 aromatic heterocycles. The fourth-order valence-electron chi connectivity index (χ4n) is 8.19. The molecule has 0 radical (unpaired) electrons. The van der Waals surface area contributed by atoms with Crippen LogP contribution in [0.4, 0.5) is 18.9 Å². The van der Waals surface area contributed by atoms with E-state index >= 15 is 0 Å². The number of benzene rings is 3. The SMILES string of the molecule is CC(C)(C)c1ccc(C2CCC3C(=O)C(=Nc4ccc(C(F)(F)F)cc4)C4CCC(c5ccc(CCO)cc5)C2C34)cc1. The van der Waals surface area contributed by atoms with Crippen molar-refractivity contribution in [3.05, 3.63) is 101 Å². The zero-order valence-corrected chi connectivity index (χ0v) is 25.1. The van der Waals surface area contributed by atoms with Crippen molar-refractivity contribution >= 4 is 17.2 Å². The van der Waals surface area contributed by atoms with Crippen LogP contribution in [0.5, 0.6) is 0 Å². The molecule has 0 amide bonds. The maximum Gasteiger partial charge on any atom is 0.416 e. The maximum absolute atomic E-state index is 13.9. The molecule has 3 aromatic rings. The Bertz CT molecular complexity index is 1480. The average Bonchev–Trinajstić information content (AvgIpc) is 3.25. The highest BCUT2D eigenvalue weighted by Crippen LogP contribution is 2.61. The summed E-state index contributed by atoms with van der Waals surface area (Å²) in [5, 5.41) is 9.40. The van der Waals surface area contributed by atoms with Crippen LogP contribution >= 0.6 is 0 Å². The zero-order chi connectivity index (χ0) is 30.5. The highest BCUT2D eigenvalue weighted by Gasteiger charge is 2.58. The van der Waals surface area contributed by atoms with Gasteiger partial charge in [0.25, 0.3) is 0 Å². The predicted octanol–water partition coefficient (Wildman–Crippen LogP) is 8.81. The van der Waals surface area contributed by atoms with Gasteiger partial charge in [0.2, 0.25) is 0 Å². The maximum atomic E-state index is 13.9. The molecule has 1 N–H and O–H groups in total. The van der Waals surface area contributed by atoms with E-state index in [-0.39, 0.29) is 47.4 Å². The van der Waals surface area contributed by atoms with Gasteiger partial charge in [-0.15, -0.1) is 0 Å². The number of aliphatic imine (C=N–C) groups is 1. The van der Waals surface area contributed by atoms with Crippen molar-refractivity contribution in [3.63, 3.8) is 0 Å². The quantitative estimate of drug-likeness (QED) is 0.324. The number of hydrogen-bond donors (Lipinski definition) is 1. The Hall–Kier alpha value is -3.25. The van der Waals surface area contributed by atoms with Crippen LogP contribution in [-0.2, 0) is 22.8 Å². The third kappa shape index (κ3) is 5.71. The van der Waals surface area contributed by atoms with Crippen molar-refractivity contribution in [3.8, 4) is 0 Å². The summed E-state index contributed by atoms with van der Waals surface area (Å²) in [5.74, 6) is 0.983. The van der Waals surface area contributed by atoms with Crippen molar-refractivity contribution in [1.29, 1.82) is 0 Å². The van der Waals surface area contributed by atoms with Gasteiger partial charge in [0.05, 0.1) is 17.0 Å². The number of nitrogens with zero attached hydrogens (tertiary/aromatic N) is 1. The number of hydrogen-bond acceptors (Lipinski definition) is 3. The van der Waals surface area contributed by atoms with E-state index < -0.39 is 11.7 Å². The van der Waals surface area contributed by atoms with E-state index in [0.717, 1.165) is 43.4 Å². The van der Waals surface area contributed by atoms with Gasteiger partial charge in [0, 0.05) is 18.4 Å². The van der Waals surface area contributed by atoms with Crippen molar-refractivity contribution in [2.45, 2.75) is 76.3 Å². The van der Waals surface area contributed by atoms with Gasteiger partial charge in [-0.3, -0.25) is 4.79 Å². The molecule has 3 aliphatic carbocycles. The van der Waals surface area contributed by atoms with Gasteiger partial charge in [-0.2, -0.15) is 13.2 Å². The summed E-state index contributed by atoms with van der Waals surface area (Å²) in [7, 11) is 0. The van der Waals surface area contributed by atoms with E-state index in [0.29, 0.717) is 23.7 Å². The Balaban J connectivity index is 1.38. The summed E-state index contributed by atoms with van der Waals surface area (Å²) < 4.78 is 39.4. The summed E-state index contributed by atoms with van der Waals surface area (Å²) in [4.78, 5) is 18.7. The minimum absolute atomic E-state index is 0.00588. The molecule has 3 aromatic carbocycles. The minimum atomic E-state index is -4.41. The molecule has 0 aliphatic heterocycles. The standard InChI is InChI=1S/C37H40F3NO2/c1-36(2,3)25-10-8-24(9-11-25)29-17-19-31-33-30(18-16-28(32(29)33)23-6-4-22(5-7-23)20-21-42)34(35(31)43)41-27-14-12-26(13-15-27)37(38,39)40/h4-15,28-33,42H,16-21H2,1-3H3. The highest BCUT2D eigenvalue weighted by atomic mass is 19.4. The summed E-state index contributed by atoms with van der Waals surface area (Å²) >= 11 is 0. The van der Waals surface area contributed by atoms with Crippen LogP contribution in [0.1, 0.15) is 86.1 Å². The van der Waals surface area contributed by atoms with Gasteiger partial charge in [-0.25, -0.2) is 4.99 Å². The van der Waals surface area contributed by atoms with Crippen molar-refractivity contribution in [1.82, 2.24) is 0 Å². The molecule has 0 spiro atoms. The molecule has 0 bridgehead atoms. The third-order valence-corrected chi connectivity index (χ3v) is 10.3. The molecule has 6 rings (SSSR count). The molecule has 6 atom stereocenters. The fourth-order valence-corrected chi connectivity index (χ4v) is 8.19. The van der Waals surface area contributed by atoms with Crippen molar-refractivity contribution in [2.75, 3.05) is 6.61 Å². The predicted molar refractivity (Wildman–Crippen MR) is 164 cm³/mol. The van der Waals surface area contributed by atoms with Crippen LogP contribution in [0, 0.1) is 23.7 Å². The largest absolute Gasteiger partial charge is 0.416 e. The van der Waals surface area contributed by atoms with Gasteiger partial charge < -0.3 is 5.11 Å². The van der Waals surface area contributed by atoms with Gasteiger partial charge in [-0.05, 0) is 108 Å². The smallest absolute Gasteiger partial charge is 0.396 e. The van der Waals surface area contributed by atoms with E-state index in [1.165, 1.54) is 28.8 Å². The first-order valence-electron chi connectivity index (χ1n) is 15.6. The van der Waals surface area contributed by atoms with E-state index in [1.807, 2.05) is 0 Å². The van der Waals surface area contributed by atoms with Crippen LogP contribution in [0.2, 0.25) is 0 Å². The van der Waals surface area contributed by atoms with E-state index in [2.05, 4.69) is 69.3 Å². The molecule has 0 heterocycles. The van der Waals surface area contributed by atoms with Crippen LogP contribution < -0.4 is 0 Å². The third-order valence-electron chi connectivity index (χ3n) is 10.3. The first kappa shape index (κ1) is 29.8. The first-order chi connectivity index (χ1) is 20.5. The normalized spacial score (nSPS) is 28.3. The number of aliphatic hydroxyl groups is 1. The number of halogens is 3. The van der Waals surface area contributed by atoms with Gasteiger partial charge in [-0.1, -0.05) is 69.3 Å². The second-order valence-corrected chi connectivity index (χ2v) is 13.7. The van der Waals surface area contributed by atoms with Crippen LogP contribution in [0.25, 0.3) is 0 Å². The number of aliphatic hydroxyl groups excluding tert-OH is 1. The fraction of sp³-hybridized carbons (Fsp3) is 0.459. The lowest BCUT2D eigenvalue weighted by Gasteiger charge is -2.49. The van der Waals surface area contributed by atoms with Crippen molar-refractivity contribution in [2.24, 2.45) is 28.7 Å². The van der Waals surface area contributed by atoms with Crippen LogP contribution in [0.15, 0.2) is 77.8 Å². The summed E-state index contributed by atoms with van der Waals surface area (Å²) in [6.07, 6.45) is -0.300. The Morgan fingerprint density at radius 3 is 1.72 bits per heavy atom. The number of carbonyl (C=O) groups excluding carboxylic acids is 1. The summed E-state index contributed by atoms with van der Waals surface area (Å²) in [5.41, 5.74) is 5.31. The van der Waals surface area contributed by atoms with E-state index in [9.17, 15) is 23.1 Å². The molecule has 3 nitrogen and oxygen atoms in total. The molecular formula is C37H40F3NO2. The van der Waals surface area contributed by atoms with Gasteiger partial charge in [0.15, 0.2) is 5.78 Å². The molecule has 6 unspecified atom stereocenters. The number of Topliss-reactive ketones (excluding diaryl/α,β-unsaturated/α-hetero) is 1. The zero-order valence-electron chi connectivity index (χ0n) is 25.1. The first-order valence-corrected chi connectivity index (χ1v) is 15.6. The average molecular weight is 588 g/mol. The van der Waals surface area contributed by atoms with Gasteiger partial charge >= 0.3 is 6.18 Å². The minimum Gasteiger partial charge on any atom is -0.396 e. The molecule has 43 heavy (non-hydrogen) atoms. The number of ketones is 1. The highest BCUT2D eigenvalue weighted by molar-refractivity contribution is 6.44. The molecule has 226 valence electrons. The van der Waals surface area contributed by atoms with E-state index in [4.69, 9.17) is 4.99 Å².